The fourth-order valence-corrected chi connectivity index (χ4v) is 3.92. The Labute approximate surface area is 142 Å². The average molecular weight is 345 g/mol. The number of hydrogen-bond donors (Lipinski definition) is 1. The number of benzene rings is 1. The molecule has 2 aliphatic rings. The monoisotopic (exact) mass is 345 g/mol. The Bertz CT molecular complexity index is 768. The molecule has 0 unspecified atom stereocenters. The van der Waals surface area contributed by atoms with Crippen LogP contribution >= 0.6 is 11.8 Å². The molecule has 1 N–H and O–H groups in total. The molecule has 0 aromatic heterocycles. The number of carboxylic acid groups (broad SMARTS) is 1. The van der Waals surface area contributed by atoms with E-state index in [4.69, 9.17) is 4.74 Å². The third kappa shape index (κ3) is 2.94. The van der Waals surface area contributed by atoms with Crippen molar-refractivity contribution in [3.63, 3.8) is 0 Å². The van der Waals surface area contributed by atoms with Gasteiger partial charge in [0.1, 0.15) is 17.7 Å². The lowest BCUT2D eigenvalue weighted by atomic mass is 9.99. The van der Waals surface area contributed by atoms with E-state index in [9.17, 15) is 19.5 Å². The van der Waals surface area contributed by atoms with E-state index in [1.807, 2.05) is 30.3 Å². The highest BCUT2D eigenvalue weighted by Crippen LogP contribution is 2.44. The van der Waals surface area contributed by atoms with Crippen LogP contribution in [0.3, 0.4) is 0 Å². The largest absolute Gasteiger partial charge is 0.477 e. The Morgan fingerprint density at radius 2 is 2.08 bits per heavy atom. The summed E-state index contributed by atoms with van der Waals surface area (Å²) in [6, 6.07) is 9.41. The number of amides is 1. The van der Waals surface area contributed by atoms with E-state index in [1.165, 1.54) is 23.6 Å². The molecule has 1 aromatic rings. The van der Waals surface area contributed by atoms with Gasteiger partial charge in [-0.3, -0.25) is 14.5 Å². The lowest BCUT2D eigenvalue weighted by Crippen LogP contribution is -2.56. The predicted octanol–water partition coefficient (Wildman–Crippen LogP) is 1.89. The highest BCUT2D eigenvalue weighted by atomic mass is 32.2. The second-order valence-electron chi connectivity index (χ2n) is 5.39. The van der Waals surface area contributed by atoms with Crippen LogP contribution in [0.5, 0.6) is 0 Å². The molecule has 1 amide bonds. The van der Waals surface area contributed by atoms with Gasteiger partial charge in [-0.1, -0.05) is 30.3 Å². The topological polar surface area (TPSA) is 83.9 Å². The first kappa shape index (κ1) is 16.3. The molecule has 3 rings (SSSR count). The molecule has 1 atom stereocenters. The number of esters is 1. The smallest absolute Gasteiger partial charge is 0.352 e. The highest BCUT2D eigenvalue weighted by molar-refractivity contribution is 8.00. The van der Waals surface area contributed by atoms with Crippen molar-refractivity contribution in [3.05, 3.63) is 52.7 Å². The first-order valence-corrected chi connectivity index (χ1v) is 8.34. The number of carbonyl (C=O) groups excluding carboxylic acids is 2. The molecule has 7 heteroatoms. The third-order valence-electron chi connectivity index (χ3n) is 3.73. The number of carboxylic acids is 1. The summed E-state index contributed by atoms with van der Waals surface area (Å²) in [4.78, 5) is 36.2. The van der Waals surface area contributed by atoms with Crippen molar-refractivity contribution < 1.29 is 24.2 Å². The van der Waals surface area contributed by atoms with Gasteiger partial charge in [-0.15, -0.1) is 11.8 Å². The average Bonchev–Trinajstić information content (AvgIpc) is 2.57. The van der Waals surface area contributed by atoms with Gasteiger partial charge in [0, 0.05) is 18.2 Å². The van der Waals surface area contributed by atoms with Crippen LogP contribution in [0.2, 0.25) is 0 Å². The maximum Gasteiger partial charge on any atom is 0.352 e. The van der Waals surface area contributed by atoms with Crippen LogP contribution in [0.15, 0.2) is 47.2 Å². The van der Waals surface area contributed by atoms with Crippen LogP contribution < -0.4 is 0 Å². The van der Waals surface area contributed by atoms with Crippen molar-refractivity contribution in [1.29, 1.82) is 0 Å². The number of nitrogens with zero attached hydrogens (tertiary/aromatic N) is 1. The molecule has 124 valence electrons. The van der Waals surface area contributed by atoms with Crippen LogP contribution in [-0.2, 0) is 19.1 Å². The van der Waals surface area contributed by atoms with Gasteiger partial charge in [-0.2, -0.15) is 0 Å². The van der Waals surface area contributed by atoms with Crippen LogP contribution in [0.4, 0.5) is 0 Å². The molecule has 0 spiro atoms. The van der Waals surface area contributed by atoms with Crippen molar-refractivity contribution in [1.82, 2.24) is 4.90 Å². The van der Waals surface area contributed by atoms with Gasteiger partial charge in [0.25, 0.3) is 5.91 Å². The lowest BCUT2D eigenvalue weighted by molar-refractivity contribution is -0.142. The minimum atomic E-state index is -1.19. The van der Waals surface area contributed by atoms with Gasteiger partial charge in [0.05, 0.1) is 5.57 Å². The molecule has 2 aliphatic heterocycles. The number of thioether (sulfide) groups is 1. The van der Waals surface area contributed by atoms with Crippen LogP contribution in [0, 0.1) is 0 Å². The van der Waals surface area contributed by atoms with E-state index in [0.29, 0.717) is 16.9 Å². The van der Waals surface area contributed by atoms with E-state index in [0.717, 1.165) is 5.56 Å². The summed E-state index contributed by atoms with van der Waals surface area (Å²) < 4.78 is 4.90. The maximum absolute atomic E-state index is 12.4. The van der Waals surface area contributed by atoms with Crippen molar-refractivity contribution in [2.24, 2.45) is 0 Å². The standard InChI is InChI=1S/C17H15NO5S/c1-10(19)23-8-12-9-24-16-13(7-11-5-3-2-4-6-11)15(20)18(16)14(12)17(21)22/h2-7,16H,8-9H2,1H3,(H,21,22)/b13-7+/t16-/m1/s1. The van der Waals surface area contributed by atoms with E-state index < -0.39 is 11.9 Å². The zero-order chi connectivity index (χ0) is 17.3. The van der Waals surface area contributed by atoms with E-state index in [-0.39, 0.29) is 23.6 Å². The number of fused-ring (bicyclic) bond motifs is 1. The molecule has 0 saturated carbocycles. The number of aliphatic carboxylic acids is 1. The lowest BCUT2D eigenvalue weighted by Gasteiger charge is -2.45. The minimum absolute atomic E-state index is 0.0739. The van der Waals surface area contributed by atoms with Crippen LogP contribution in [-0.4, -0.2) is 45.6 Å². The molecule has 2 heterocycles. The Balaban J connectivity index is 1.88. The zero-order valence-electron chi connectivity index (χ0n) is 12.9. The number of ether oxygens (including phenoxy) is 1. The molecule has 0 aliphatic carbocycles. The van der Waals surface area contributed by atoms with Gasteiger partial charge in [0.15, 0.2) is 0 Å². The Morgan fingerprint density at radius 1 is 1.38 bits per heavy atom. The van der Waals surface area contributed by atoms with Crippen molar-refractivity contribution in [2.45, 2.75) is 12.3 Å². The van der Waals surface area contributed by atoms with Crippen molar-refractivity contribution in [3.8, 4) is 0 Å². The zero-order valence-corrected chi connectivity index (χ0v) is 13.7. The van der Waals surface area contributed by atoms with Gasteiger partial charge in [-0.25, -0.2) is 4.79 Å². The summed E-state index contributed by atoms with van der Waals surface area (Å²) in [5.74, 6) is -1.60. The molecule has 0 bridgehead atoms. The normalized spacial score (nSPS) is 21.4. The minimum Gasteiger partial charge on any atom is -0.477 e. The van der Waals surface area contributed by atoms with Gasteiger partial charge < -0.3 is 9.84 Å². The van der Waals surface area contributed by atoms with E-state index in [2.05, 4.69) is 0 Å². The summed E-state index contributed by atoms with van der Waals surface area (Å²) in [5, 5.41) is 9.15. The fraction of sp³-hybridized carbons (Fsp3) is 0.235. The summed E-state index contributed by atoms with van der Waals surface area (Å²) >= 11 is 1.45. The first-order valence-electron chi connectivity index (χ1n) is 7.29. The van der Waals surface area contributed by atoms with E-state index in [1.54, 1.807) is 6.08 Å². The van der Waals surface area contributed by atoms with Gasteiger partial charge in [0.2, 0.25) is 0 Å². The number of β-lactam (4-membered cyclic amide) rings is 1. The van der Waals surface area contributed by atoms with Gasteiger partial charge >= 0.3 is 11.9 Å². The van der Waals surface area contributed by atoms with Gasteiger partial charge in [-0.05, 0) is 11.6 Å². The highest BCUT2D eigenvalue weighted by Gasteiger charge is 2.49. The second-order valence-corrected chi connectivity index (χ2v) is 6.45. The Morgan fingerprint density at radius 3 is 2.71 bits per heavy atom. The number of rotatable bonds is 4. The molecule has 1 saturated heterocycles. The molecule has 1 fully saturated rings. The molecule has 1 aromatic carbocycles. The molecule has 24 heavy (non-hydrogen) atoms. The molecular weight excluding hydrogens is 330 g/mol. The third-order valence-corrected chi connectivity index (χ3v) is 5.03. The predicted molar refractivity (Wildman–Crippen MR) is 88.8 cm³/mol. The SMILES string of the molecule is CC(=O)OCC1=C(C(=O)O)N2C(=O)/C(=C\c3ccccc3)[C@H]2SC1. The number of carbonyl (C=O) groups is 3. The molecule has 0 radical (unpaired) electrons. The molecular formula is C17H15NO5S. The van der Waals surface area contributed by atoms with Crippen molar-refractivity contribution >= 4 is 35.7 Å². The van der Waals surface area contributed by atoms with Crippen molar-refractivity contribution in [2.75, 3.05) is 12.4 Å². The summed E-state index contributed by atoms with van der Waals surface area (Å²) in [5.41, 5.74) is 1.84. The number of hydrogen-bond acceptors (Lipinski definition) is 5. The summed E-state index contributed by atoms with van der Waals surface area (Å²) in [6.45, 7) is 1.15. The quantitative estimate of drug-likeness (QED) is 0.510. The van der Waals surface area contributed by atoms with Crippen LogP contribution in [0.1, 0.15) is 12.5 Å². The Hall–Kier alpha value is -2.54. The Kier molecular flexibility index (Phi) is 4.44. The molecule has 6 nitrogen and oxygen atoms in total. The van der Waals surface area contributed by atoms with E-state index >= 15 is 0 Å². The maximum atomic E-state index is 12.4. The summed E-state index contributed by atoms with van der Waals surface area (Å²) in [7, 11) is 0. The summed E-state index contributed by atoms with van der Waals surface area (Å²) in [6.07, 6.45) is 1.78. The second kappa shape index (κ2) is 6.52. The fourth-order valence-electron chi connectivity index (χ4n) is 2.64. The first-order chi connectivity index (χ1) is 11.5. The van der Waals surface area contributed by atoms with Crippen LogP contribution in [0.25, 0.3) is 6.08 Å².